The maximum Gasteiger partial charge on any atom is 0.220 e. The molecule has 2 rings (SSSR count). The molecule has 1 heterocycles. The van der Waals surface area contributed by atoms with Crippen LogP contribution in [0.4, 0.5) is 0 Å². The van der Waals surface area contributed by atoms with Gasteiger partial charge in [-0.1, -0.05) is 32.0 Å². The van der Waals surface area contributed by atoms with Gasteiger partial charge < -0.3 is 15.1 Å². The number of nitrogens with one attached hydrogen (secondary N) is 2. The molecule has 0 saturated carbocycles. The average molecular weight is 302 g/mol. The van der Waals surface area contributed by atoms with E-state index in [9.17, 15) is 4.79 Å². The Bertz CT molecular complexity index is 631. The first-order valence-corrected chi connectivity index (χ1v) is 7.96. The second-order valence-corrected chi connectivity index (χ2v) is 6.08. The molecule has 0 spiro atoms. The summed E-state index contributed by atoms with van der Waals surface area (Å²) in [6, 6.07) is 7.92. The van der Waals surface area contributed by atoms with Gasteiger partial charge in [0.1, 0.15) is 11.3 Å². The van der Waals surface area contributed by atoms with Gasteiger partial charge >= 0.3 is 0 Å². The van der Waals surface area contributed by atoms with Gasteiger partial charge in [0.05, 0.1) is 6.04 Å². The Morgan fingerprint density at radius 1 is 1.27 bits per heavy atom. The van der Waals surface area contributed by atoms with E-state index in [4.69, 9.17) is 4.42 Å². The van der Waals surface area contributed by atoms with Crippen LogP contribution in [0.5, 0.6) is 0 Å². The summed E-state index contributed by atoms with van der Waals surface area (Å²) in [7, 11) is 1.90. The van der Waals surface area contributed by atoms with Gasteiger partial charge in [0.25, 0.3) is 0 Å². The van der Waals surface area contributed by atoms with E-state index in [1.807, 2.05) is 25.2 Å². The van der Waals surface area contributed by atoms with Gasteiger partial charge in [-0.3, -0.25) is 4.79 Å². The van der Waals surface area contributed by atoms with Crippen LogP contribution in [0.3, 0.4) is 0 Å². The predicted molar refractivity (Wildman–Crippen MR) is 89.8 cm³/mol. The van der Waals surface area contributed by atoms with Gasteiger partial charge in [0.2, 0.25) is 5.91 Å². The van der Waals surface area contributed by atoms with Crippen molar-refractivity contribution in [2.45, 2.75) is 39.7 Å². The first kappa shape index (κ1) is 16.6. The summed E-state index contributed by atoms with van der Waals surface area (Å²) in [5, 5.41) is 7.31. The maximum absolute atomic E-state index is 12.2. The summed E-state index contributed by atoms with van der Waals surface area (Å²) < 4.78 is 6.02. The first-order valence-electron chi connectivity index (χ1n) is 7.96. The van der Waals surface area contributed by atoms with Gasteiger partial charge in [-0.25, -0.2) is 0 Å². The monoisotopic (exact) mass is 302 g/mol. The van der Waals surface area contributed by atoms with Crippen LogP contribution in [0, 0.1) is 12.8 Å². The molecule has 0 fully saturated rings. The smallest absolute Gasteiger partial charge is 0.220 e. The van der Waals surface area contributed by atoms with Gasteiger partial charge in [-0.2, -0.15) is 0 Å². The Labute approximate surface area is 132 Å². The fourth-order valence-electron chi connectivity index (χ4n) is 2.70. The molecular formula is C18H26N2O2. The number of aryl methyl sites for hydroxylation is 1. The molecule has 22 heavy (non-hydrogen) atoms. The highest BCUT2D eigenvalue weighted by atomic mass is 16.3. The maximum atomic E-state index is 12.2. The first-order chi connectivity index (χ1) is 10.5. The van der Waals surface area contributed by atoms with Crippen molar-refractivity contribution in [3.8, 4) is 0 Å². The van der Waals surface area contributed by atoms with Crippen LogP contribution in [0.25, 0.3) is 11.0 Å². The Balaban J connectivity index is 2.19. The number of para-hydroxylation sites is 1. The van der Waals surface area contributed by atoms with Crippen LogP contribution in [-0.2, 0) is 4.79 Å². The minimum Gasteiger partial charge on any atom is -0.459 e. The van der Waals surface area contributed by atoms with Crippen molar-refractivity contribution < 1.29 is 9.21 Å². The third-order valence-corrected chi connectivity index (χ3v) is 3.98. The molecule has 0 aliphatic heterocycles. The zero-order valence-electron chi connectivity index (χ0n) is 13.9. The summed E-state index contributed by atoms with van der Waals surface area (Å²) in [4.78, 5) is 12.2. The van der Waals surface area contributed by atoms with E-state index in [1.54, 1.807) is 0 Å². The molecule has 4 heteroatoms. The van der Waals surface area contributed by atoms with Crippen molar-refractivity contribution in [2.75, 3.05) is 13.6 Å². The van der Waals surface area contributed by atoms with Gasteiger partial charge in [-0.05, 0) is 38.9 Å². The highest BCUT2D eigenvalue weighted by molar-refractivity contribution is 5.82. The molecule has 120 valence electrons. The number of rotatable bonds is 7. The third-order valence-electron chi connectivity index (χ3n) is 3.98. The minimum atomic E-state index is -0.0884. The van der Waals surface area contributed by atoms with E-state index in [2.05, 4.69) is 37.5 Å². The molecule has 1 aromatic carbocycles. The fraction of sp³-hybridized carbons (Fsp3) is 0.500. The number of amides is 1. The number of hydrogen-bond acceptors (Lipinski definition) is 3. The van der Waals surface area contributed by atoms with E-state index >= 15 is 0 Å². The third kappa shape index (κ3) is 3.69. The van der Waals surface area contributed by atoms with Crippen molar-refractivity contribution >= 4 is 16.9 Å². The number of hydrogen-bond donors (Lipinski definition) is 2. The van der Waals surface area contributed by atoms with Crippen molar-refractivity contribution in [3.63, 3.8) is 0 Å². The van der Waals surface area contributed by atoms with Gasteiger partial charge in [0.15, 0.2) is 0 Å². The normalized spacial score (nSPS) is 12.8. The second kappa shape index (κ2) is 7.45. The number of furan rings is 1. The lowest BCUT2D eigenvalue weighted by atomic mass is 9.98. The minimum absolute atomic E-state index is 0.0776. The van der Waals surface area contributed by atoms with Gasteiger partial charge in [0, 0.05) is 17.4 Å². The van der Waals surface area contributed by atoms with Crippen molar-refractivity contribution in [2.24, 2.45) is 5.92 Å². The molecule has 1 atom stereocenters. The topological polar surface area (TPSA) is 54.3 Å². The summed E-state index contributed by atoms with van der Waals surface area (Å²) >= 11 is 0. The van der Waals surface area contributed by atoms with Crippen LogP contribution in [0.1, 0.15) is 44.1 Å². The van der Waals surface area contributed by atoms with Crippen LogP contribution in [0.15, 0.2) is 28.7 Å². The van der Waals surface area contributed by atoms with Crippen LogP contribution in [-0.4, -0.2) is 19.5 Å². The molecule has 1 amide bonds. The van der Waals surface area contributed by atoms with E-state index in [1.165, 1.54) is 0 Å². The van der Waals surface area contributed by atoms with Crippen molar-refractivity contribution in [1.29, 1.82) is 0 Å². The zero-order chi connectivity index (χ0) is 16.1. The molecule has 2 N–H and O–H groups in total. The van der Waals surface area contributed by atoms with Crippen LogP contribution in [0.2, 0.25) is 0 Å². The molecule has 2 aromatic rings. The van der Waals surface area contributed by atoms with E-state index in [-0.39, 0.29) is 17.9 Å². The van der Waals surface area contributed by atoms with Crippen molar-refractivity contribution in [1.82, 2.24) is 10.6 Å². The molecular weight excluding hydrogens is 276 g/mol. The fourth-order valence-corrected chi connectivity index (χ4v) is 2.70. The summed E-state index contributed by atoms with van der Waals surface area (Å²) in [5.74, 6) is 1.22. The molecule has 0 aliphatic carbocycles. The highest BCUT2D eigenvalue weighted by Crippen LogP contribution is 2.32. The lowest BCUT2D eigenvalue weighted by Gasteiger charge is -2.21. The quantitative estimate of drug-likeness (QED) is 0.769. The Morgan fingerprint density at radius 3 is 2.64 bits per heavy atom. The molecule has 0 aliphatic rings. The van der Waals surface area contributed by atoms with E-state index < -0.39 is 0 Å². The second-order valence-electron chi connectivity index (χ2n) is 6.08. The lowest BCUT2D eigenvalue weighted by molar-refractivity contribution is -0.122. The molecule has 1 unspecified atom stereocenters. The van der Waals surface area contributed by atoms with Crippen molar-refractivity contribution in [3.05, 3.63) is 35.6 Å². The summed E-state index contributed by atoms with van der Waals surface area (Å²) in [6.45, 7) is 7.11. The molecule has 0 saturated heterocycles. The summed E-state index contributed by atoms with van der Waals surface area (Å²) in [5.41, 5.74) is 2.00. The largest absolute Gasteiger partial charge is 0.459 e. The van der Waals surface area contributed by atoms with Crippen LogP contribution >= 0.6 is 0 Å². The Kier molecular flexibility index (Phi) is 5.61. The predicted octanol–water partition coefficient (Wildman–Crippen LogP) is 3.55. The Morgan fingerprint density at radius 2 is 2.00 bits per heavy atom. The van der Waals surface area contributed by atoms with Gasteiger partial charge in [-0.15, -0.1) is 0 Å². The number of benzene rings is 1. The lowest BCUT2D eigenvalue weighted by Crippen LogP contribution is -2.32. The number of fused-ring (bicyclic) bond motifs is 1. The van der Waals surface area contributed by atoms with E-state index in [0.717, 1.165) is 35.3 Å². The molecule has 4 nitrogen and oxygen atoms in total. The molecule has 0 bridgehead atoms. The summed E-state index contributed by atoms with van der Waals surface area (Å²) in [6.07, 6.45) is 1.37. The van der Waals surface area contributed by atoms with Crippen LogP contribution < -0.4 is 10.6 Å². The number of carbonyl (C=O) groups excluding carboxylic acids is 1. The molecule has 0 radical (unpaired) electrons. The standard InChI is InChI=1S/C18H26N2O2/c1-12(2)17(20-16(21)10-7-11-19-4)18-13(3)14-8-5-6-9-15(14)22-18/h5-6,8-9,12,17,19H,7,10-11H2,1-4H3,(H,20,21). The zero-order valence-corrected chi connectivity index (χ0v) is 13.9. The number of carbonyl (C=O) groups is 1. The van der Waals surface area contributed by atoms with E-state index in [0.29, 0.717) is 6.42 Å². The highest BCUT2D eigenvalue weighted by Gasteiger charge is 2.24. The SMILES string of the molecule is CNCCCC(=O)NC(c1oc2ccccc2c1C)C(C)C. The average Bonchev–Trinajstić information content (AvgIpc) is 2.82. The molecule has 1 aromatic heterocycles. The Hall–Kier alpha value is -1.81.